The van der Waals surface area contributed by atoms with E-state index in [1.807, 2.05) is 19.0 Å². The van der Waals surface area contributed by atoms with Crippen LogP contribution in [0.2, 0.25) is 0 Å². The molecule has 0 bridgehead atoms. The summed E-state index contributed by atoms with van der Waals surface area (Å²) in [5.41, 5.74) is -0.0585. The molecular weight excluding hydrogens is 156 g/mol. The zero-order valence-electron chi connectivity index (χ0n) is 7.69. The zero-order valence-corrected chi connectivity index (χ0v) is 7.69. The van der Waals surface area contributed by atoms with Crippen LogP contribution in [-0.2, 0) is 13.6 Å². The summed E-state index contributed by atoms with van der Waals surface area (Å²) in [6.07, 6.45) is 1.56. The standard InChI is InChI=1S/C7H14N4O/c1-9(2)4-5-11-6-8-10(3)7(11)12/h6H,4-5H2,1-3H3. The van der Waals surface area contributed by atoms with E-state index in [1.165, 1.54) is 4.68 Å². The Morgan fingerprint density at radius 3 is 2.67 bits per heavy atom. The van der Waals surface area contributed by atoms with Gasteiger partial charge in [-0.2, -0.15) is 5.10 Å². The van der Waals surface area contributed by atoms with Crippen molar-refractivity contribution in [3.63, 3.8) is 0 Å². The third-order valence-corrected chi connectivity index (χ3v) is 1.67. The van der Waals surface area contributed by atoms with Crippen molar-refractivity contribution in [1.82, 2.24) is 19.2 Å². The smallest absolute Gasteiger partial charge is 0.308 e. The largest absolute Gasteiger partial charge is 0.345 e. The minimum Gasteiger partial charge on any atom is -0.308 e. The molecular formula is C7H14N4O. The average molecular weight is 170 g/mol. The lowest BCUT2D eigenvalue weighted by Gasteiger charge is -2.07. The molecule has 0 N–H and O–H groups in total. The minimum atomic E-state index is -0.0585. The van der Waals surface area contributed by atoms with Crippen molar-refractivity contribution in [3.8, 4) is 0 Å². The van der Waals surface area contributed by atoms with Crippen molar-refractivity contribution in [1.29, 1.82) is 0 Å². The Kier molecular flexibility index (Phi) is 2.65. The van der Waals surface area contributed by atoms with E-state index >= 15 is 0 Å². The number of likely N-dealkylation sites (N-methyl/N-ethyl adjacent to an activating group) is 1. The maximum absolute atomic E-state index is 11.2. The number of nitrogens with zero attached hydrogens (tertiary/aromatic N) is 4. The van der Waals surface area contributed by atoms with Crippen LogP contribution in [0.1, 0.15) is 0 Å². The fourth-order valence-corrected chi connectivity index (χ4v) is 0.886. The van der Waals surface area contributed by atoms with Gasteiger partial charge in [-0.15, -0.1) is 0 Å². The Balaban J connectivity index is 2.64. The van der Waals surface area contributed by atoms with E-state index in [1.54, 1.807) is 17.9 Å². The summed E-state index contributed by atoms with van der Waals surface area (Å²) < 4.78 is 2.93. The Labute approximate surface area is 71.2 Å². The van der Waals surface area contributed by atoms with Crippen LogP contribution in [0.3, 0.4) is 0 Å². The predicted octanol–water partition coefficient (Wildman–Crippen LogP) is -0.857. The van der Waals surface area contributed by atoms with Gasteiger partial charge in [-0.25, -0.2) is 9.48 Å². The van der Waals surface area contributed by atoms with Gasteiger partial charge in [-0.3, -0.25) is 4.57 Å². The van der Waals surface area contributed by atoms with Crippen LogP contribution in [0.5, 0.6) is 0 Å². The third kappa shape index (κ3) is 1.94. The van der Waals surface area contributed by atoms with Crippen LogP contribution in [0, 0.1) is 0 Å². The molecule has 0 saturated heterocycles. The molecule has 0 fully saturated rings. The fourth-order valence-electron chi connectivity index (χ4n) is 0.886. The van der Waals surface area contributed by atoms with Crippen LogP contribution in [-0.4, -0.2) is 39.9 Å². The second-order valence-corrected chi connectivity index (χ2v) is 3.03. The Morgan fingerprint density at radius 2 is 2.25 bits per heavy atom. The summed E-state index contributed by atoms with van der Waals surface area (Å²) in [6, 6.07) is 0. The highest BCUT2D eigenvalue weighted by Crippen LogP contribution is 1.80. The molecule has 1 aromatic rings. The highest BCUT2D eigenvalue weighted by atomic mass is 16.2. The molecule has 0 spiro atoms. The summed E-state index contributed by atoms with van der Waals surface area (Å²) in [5, 5.41) is 3.84. The van der Waals surface area contributed by atoms with Gasteiger partial charge in [-0.05, 0) is 14.1 Å². The number of aryl methyl sites for hydroxylation is 1. The van der Waals surface area contributed by atoms with Crippen LogP contribution < -0.4 is 5.69 Å². The van der Waals surface area contributed by atoms with Crippen molar-refractivity contribution < 1.29 is 0 Å². The summed E-state index contributed by atoms with van der Waals surface area (Å²) in [4.78, 5) is 13.3. The molecule has 0 aliphatic rings. The number of aromatic nitrogens is 3. The third-order valence-electron chi connectivity index (χ3n) is 1.67. The van der Waals surface area contributed by atoms with E-state index in [4.69, 9.17) is 0 Å². The van der Waals surface area contributed by atoms with E-state index < -0.39 is 0 Å². The average Bonchev–Trinajstić information content (AvgIpc) is 2.30. The molecule has 0 unspecified atom stereocenters. The first kappa shape index (κ1) is 8.99. The van der Waals surface area contributed by atoms with Crippen molar-refractivity contribution in [2.24, 2.45) is 7.05 Å². The lowest BCUT2D eigenvalue weighted by Crippen LogP contribution is -2.27. The highest BCUT2D eigenvalue weighted by molar-refractivity contribution is 4.66. The van der Waals surface area contributed by atoms with E-state index in [-0.39, 0.29) is 5.69 Å². The zero-order chi connectivity index (χ0) is 9.14. The second kappa shape index (κ2) is 3.53. The molecule has 0 aromatic carbocycles. The maximum Gasteiger partial charge on any atom is 0.345 e. The van der Waals surface area contributed by atoms with Crippen LogP contribution in [0.4, 0.5) is 0 Å². The molecule has 0 amide bonds. The molecule has 1 rings (SSSR count). The van der Waals surface area contributed by atoms with Crippen molar-refractivity contribution >= 4 is 0 Å². The molecule has 5 heteroatoms. The molecule has 0 saturated carbocycles. The highest BCUT2D eigenvalue weighted by Gasteiger charge is 1.99. The number of hydrogen-bond acceptors (Lipinski definition) is 3. The van der Waals surface area contributed by atoms with Gasteiger partial charge in [0, 0.05) is 20.1 Å². The van der Waals surface area contributed by atoms with Gasteiger partial charge in [0.25, 0.3) is 0 Å². The van der Waals surface area contributed by atoms with Gasteiger partial charge in [0.1, 0.15) is 6.33 Å². The van der Waals surface area contributed by atoms with Gasteiger partial charge in [0.05, 0.1) is 0 Å². The van der Waals surface area contributed by atoms with Gasteiger partial charge < -0.3 is 4.90 Å². The summed E-state index contributed by atoms with van der Waals surface area (Å²) in [7, 11) is 5.59. The van der Waals surface area contributed by atoms with Crippen molar-refractivity contribution in [3.05, 3.63) is 16.8 Å². The summed E-state index contributed by atoms with van der Waals surface area (Å²) in [6.45, 7) is 1.55. The monoisotopic (exact) mass is 170 g/mol. The lowest BCUT2D eigenvalue weighted by atomic mass is 10.6. The molecule has 0 aliphatic carbocycles. The number of rotatable bonds is 3. The van der Waals surface area contributed by atoms with E-state index in [0.29, 0.717) is 6.54 Å². The van der Waals surface area contributed by atoms with E-state index in [9.17, 15) is 4.79 Å². The topological polar surface area (TPSA) is 43.1 Å². The molecule has 5 nitrogen and oxygen atoms in total. The minimum absolute atomic E-state index is 0.0585. The Bertz CT molecular complexity index is 299. The first-order valence-corrected chi connectivity index (χ1v) is 3.84. The predicted molar refractivity (Wildman–Crippen MR) is 46.0 cm³/mol. The fraction of sp³-hybridized carbons (Fsp3) is 0.714. The first-order chi connectivity index (χ1) is 5.61. The molecule has 0 atom stereocenters. The van der Waals surface area contributed by atoms with E-state index in [2.05, 4.69) is 5.10 Å². The van der Waals surface area contributed by atoms with Crippen LogP contribution in [0.25, 0.3) is 0 Å². The molecule has 12 heavy (non-hydrogen) atoms. The molecule has 68 valence electrons. The quantitative estimate of drug-likeness (QED) is 0.593. The normalized spacial score (nSPS) is 11.0. The second-order valence-electron chi connectivity index (χ2n) is 3.03. The SMILES string of the molecule is CN(C)CCn1cnn(C)c1=O. The van der Waals surface area contributed by atoms with Crippen LogP contribution >= 0.6 is 0 Å². The maximum atomic E-state index is 11.2. The summed E-state index contributed by atoms with van der Waals surface area (Å²) in [5.74, 6) is 0. The van der Waals surface area contributed by atoms with Crippen LogP contribution in [0.15, 0.2) is 11.1 Å². The van der Waals surface area contributed by atoms with Crippen molar-refractivity contribution in [2.75, 3.05) is 20.6 Å². The molecule has 1 heterocycles. The Morgan fingerprint density at radius 1 is 1.58 bits per heavy atom. The van der Waals surface area contributed by atoms with E-state index in [0.717, 1.165) is 6.54 Å². The van der Waals surface area contributed by atoms with Gasteiger partial charge in [-0.1, -0.05) is 0 Å². The molecule has 1 aromatic heterocycles. The summed E-state index contributed by atoms with van der Waals surface area (Å²) >= 11 is 0. The van der Waals surface area contributed by atoms with Gasteiger partial charge in [0.2, 0.25) is 0 Å². The van der Waals surface area contributed by atoms with Crippen molar-refractivity contribution in [2.45, 2.75) is 6.54 Å². The molecule has 0 radical (unpaired) electrons. The first-order valence-electron chi connectivity index (χ1n) is 3.84. The van der Waals surface area contributed by atoms with Gasteiger partial charge >= 0.3 is 5.69 Å². The van der Waals surface area contributed by atoms with Gasteiger partial charge in [0.15, 0.2) is 0 Å². The lowest BCUT2D eigenvalue weighted by molar-refractivity contribution is 0.380. The number of hydrogen-bond donors (Lipinski definition) is 0. The Hall–Kier alpha value is -1.10. The molecule has 0 aliphatic heterocycles.